The first-order chi connectivity index (χ1) is 12.0. The molecule has 0 aliphatic rings. The fraction of sp³-hybridized carbons (Fsp3) is 0.385. The fourth-order valence-electron chi connectivity index (χ4n) is 3.85. The van der Waals surface area contributed by atoms with E-state index in [1.165, 1.54) is 44.2 Å². The van der Waals surface area contributed by atoms with E-state index in [0.717, 1.165) is 0 Å². The maximum Gasteiger partial charge on any atom is -0.0129 e. The van der Waals surface area contributed by atoms with E-state index in [1.54, 1.807) is 0 Å². The summed E-state index contributed by atoms with van der Waals surface area (Å²) in [5.74, 6) is 0. The van der Waals surface area contributed by atoms with Crippen LogP contribution in [0.3, 0.4) is 0 Å². The average molecular weight is 345 g/mol. The highest BCUT2D eigenvalue weighted by molar-refractivity contribution is 5.90. The lowest BCUT2D eigenvalue weighted by molar-refractivity contribution is 0.566. The zero-order valence-corrected chi connectivity index (χ0v) is 17.6. The van der Waals surface area contributed by atoms with Crippen LogP contribution in [0.25, 0.3) is 21.9 Å². The summed E-state index contributed by atoms with van der Waals surface area (Å²) in [6.45, 7) is 18.4. The van der Waals surface area contributed by atoms with Gasteiger partial charge in [0.1, 0.15) is 0 Å². The molecular weight excluding hydrogens is 312 g/mol. The lowest BCUT2D eigenvalue weighted by Crippen LogP contribution is -2.18. The van der Waals surface area contributed by atoms with Gasteiger partial charge in [-0.2, -0.15) is 0 Å². The van der Waals surface area contributed by atoms with Crippen molar-refractivity contribution in [1.82, 2.24) is 0 Å². The van der Waals surface area contributed by atoms with Crippen LogP contribution in [0.2, 0.25) is 0 Å². The SMILES string of the molecule is Cc1cc2ccccc2cc1-c1cc(C(C)(C)C)cc(C(C)(C)C)c1C. The Hall–Kier alpha value is -2.08. The predicted molar refractivity (Wildman–Crippen MR) is 116 cm³/mol. The molecule has 0 fully saturated rings. The lowest BCUT2D eigenvalue weighted by atomic mass is 9.76. The molecule has 0 saturated carbocycles. The Morgan fingerprint density at radius 3 is 1.73 bits per heavy atom. The molecule has 0 aromatic heterocycles. The van der Waals surface area contributed by atoms with Crippen molar-refractivity contribution in [3.8, 4) is 11.1 Å². The molecular formula is C26H32. The van der Waals surface area contributed by atoms with E-state index in [4.69, 9.17) is 0 Å². The molecule has 0 unspecified atom stereocenters. The van der Waals surface area contributed by atoms with Crippen LogP contribution in [0.15, 0.2) is 48.5 Å². The third kappa shape index (κ3) is 3.43. The second-order valence-electron chi connectivity index (χ2n) is 9.71. The largest absolute Gasteiger partial charge is 0.0616 e. The van der Waals surface area contributed by atoms with Crippen molar-refractivity contribution in [1.29, 1.82) is 0 Å². The average Bonchev–Trinajstić information content (AvgIpc) is 2.52. The molecule has 0 saturated heterocycles. The minimum atomic E-state index is 0.130. The van der Waals surface area contributed by atoms with Crippen molar-refractivity contribution in [2.75, 3.05) is 0 Å². The van der Waals surface area contributed by atoms with Crippen molar-refractivity contribution in [3.63, 3.8) is 0 Å². The van der Waals surface area contributed by atoms with Crippen LogP contribution in [0.1, 0.15) is 63.8 Å². The summed E-state index contributed by atoms with van der Waals surface area (Å²) in [4.78, 5) is 0. The van der Waals surface area contributed by atoms with Gasteiger partial charge in [-0.15, -0.1) is 0 Å². The van der Waals surface area contributed by atoms with Crippen LogP contribution >= 0.6 is 0 Å². The van der Waals surface area contributed by atoms with E-state index in [2.05, 4.69) is 104 Å². The highest BCUT2D eigenvalue weighted by Crippen LogP contribution is 2.39. The molecule has 0 bridgehead atoms. The summed E-state index contributed by atoms with van der Waals surface area (Å²) < 4.78 is 0. The molecule has 0 amide bonds. The molecule has 0 radical (unpaired) electrons. The Bertz CT molecular complexity index is 960. The second-order valence-corrected chi connectivity index (χ2v) is 9.71. The van der Waals surface area contributed by atoms with Crippen LogP contribution in [0.5, 0.6) is 0 Å². The Morgan fingerprint density at radius 2 is 1.19 bits per heavy atom. The fourth-order valence-corrected chi connectivity index (χ4v) is 3.85. The van der Waals surface area contributed by atoms with Gasteiger partial charge in [0.15, 0.2) is 0 Å². The second kappa shape index (κ2) is 6.27. The van der Waals surface area contributed by atoms with Crippen LogP contribution < -0.4 is 0 Å². The predicted octanol–water partition coefficient (Wildman–Crippen LogP) is 7.72. The highest BCUT2D eigenvalue weighted by atomic mass is 14.3. The van der Waals surface area contributed by atoms with Crippen molar-refractivity contribution in [3.05, 3.63) is 70.8 Å². The first-order valence-corrected chi connectivity index (χ1v) is 9.64. The first-order valence-electron chi connectivity index (χ1n) is 9.64. The highest BCUT2D eigenvalue weighted by Gasteiger charge is 2.24. The number of fused-ring (bicyclic) bond motifs is 1. The minimum absolute atomic E-state index is 0.130. The summed E-state index contributed by atoms with van der Waals surface area (Å²) in [5, 5.41) is 2.63. The van der Waals surface area contributed by atoms with E-state index < -0.39 is 0 Å². The quantitative estimate of drug-likeness (QED) is 0.424. The van der Waals surface area contributed by atoms with Gasteiger partial charge in [-0.1, -0.05) is 84.0 Å². The van der Waals surface area contributed by atoms with Gasteiger partial charge in [-0.25, -0.2) is 0 Å². The van der Waals surface area contributed by atoms with Crippen molar-refractivity contribution in [2.24, 2.45) is 0 Å². The van der Waals surface area contributed by atoms with Gasteiger partial charge >= 0.3 is 0 Å². The van der Waals surface area contributed by atoms with Gasteiger partial charge in [-0.05, 0) is 74.9 Å². The Kier molecular flexibility index (Phi) is 4.51. The third-order valence-corrected chi connectivity index (χ3v) is 5.46. The molecule has 3 rings (SSSR count). The van der Waals surface area contributed by atoms with Crippen molar-refractivity contribution in [2.45, 2.75) is 66.2 Å². The Balaban J connectivity index is 2.36. The molecule has 0 aliphatic heterocycles. The van der Waals surface area contributed by atoms with E-state index in [-0.39, 0.29) is 10.8 Å². The molecule has 0 nitrogen and oxygen atoms in total. The summed E-state index contributed by atoms with van der Waals surface area (Å²) >= 11 is 0. The molecule has 3 aromatic rings. The molecule has 0 N–H and O–H groups in total. The zero-order chi connectivity index (χ0) is 19.3. The number of hydrogen-bond acceptors (Lipinski definition) is 0. The van der Waals surface area contributed by atoms with E-state index in [1.807, 2.05) is 0 Å². The number of hydrogen-bond donors (Lipinski definition) is 0. The first kappa shape index (κ1) is 18.7. The van der Waals surface area contributed by atoms with Crippen LogP contribution in [0, 0.1) is 13.8 Å². The van der Waals surface area contributed by atoms with E-state index in [0.29, 0.717) is 0 Å². The number of benzene rings is 3. The van der Waals surface area contributed by atoms with Gasteiger partial charge in [0.2, 0.25) is 0 Å². The minimum Gasteiger partial charge on any atom is -0.0616 e. The molecule has 0 spiro atoms. The Labute approximate surface area is 159 Å². The zero-order valence-electron chi connectivity index (χ0n) is 17.6. The van der Waals surface area contributed by atoms with Crippen LogP contribution in [0.4, 0.5) is 0 Å². The lowest BCUT2D eigenvalue weighted by Gasteiger charge is -2.29. The summed E-state index contributed by atoms with van der Waals surface area (Å²) in [6.07, 6.45) is 0. The van der Waals surface area contributed by atoms with Gasteiger partial charge in [0.05, 0.1) is 0 Å². The maximum absolute atomic E-state index is 2.43. The molecule has 0 heterocycles. The standard InChI is InChI=1S/C26H32/c1-17-13-19-11-9-10-12-20(19)14-22(17)23-15-21(25(3,4)5)16-24(18(23)2)26(6,7)8/h9-16H,1-8H3. The topological polar surface area (TPSA) is 0 Å². The van der Waals surface area contributed by atoms with E-state index >= 15 is 0 Å². The van der Waals surface area contributed by atoms with Gasteiger partial charge < -0.3 is 0 Å². The number of rotatable bonds is 1. The molecule has 3 aromatic carbocycles. The summed E-state index contributed by atoms with van der Waals surface area (Å²) in [7, 11) is 0. The van der Waals surface area contributed by atoms with Crippen LogP contribution in [-0.2, 0) is 10.8 Å². The number of aryl methyl sites for hydroxylation is 1. The monoisotopic (exact) mass is 344 g/mol. The molecule has 0 aliphatic carbocycles. The third-order valence-electron chi connectivity index (χ3n) is 5.46. The Morgan fingerprint density at radius 1 is 0.615 bits per heavy atom. The molecule has 26 heavy (non-hydrogen) atoms. The van der Waals surface area contributed by atoms with Gasteiger partial charge in [0.25, 0.3) is 0 Å². The van der Waals surface area contributed by atoms with Crippen LogP contribution in [-0.4, -0.2) is 0 Å². The molecule has 136 valence electrons. The normalized spacial score (nSPS) is 12.6. The molecule has 0 atom stereocenters. The van der Waals surface area contributed by atoms with E-state index in [9.17, 15) is 0 Å². The smallest absolute Gasteiger partial charge is 0.0129 e. The summed E-state index contributed by atoms with van der Waals surface area (Å²) in [6, 6.07) is 18.2. The summed E-state index contributed by atoms with van der Waals surface area (Å²) in [5.41, 5.74) is 8.62. The maximum atomic E-state index is 2.43. The van der Waals surface area contributed by atoms with Gasteiger partial charge in [-0.3, -0.25) is 0 Å². The van der Waals surface area contributed by atoms with Crippen molar-refractivity contribution < 1.29 is 0 Å². The molecule has 0 heteroatoms. The van der Waals surface area contributed by atoms with Crippen molar-refractivity contribution >= 4 is 10.8 Å². The van der Waals surface area contributed by atoms with Gasteiger partial charge in [0, 0.05) is 0 Å².